The van der Waals surface area contributed by atoms with E-state index in [1.54, 1.807) is 6.07 Å². The molecule has 1 heterocycles. The molecule has 0 radical (unpaired) electrons. The van der Waals surface area contributed by atoms with E-state index in [2.05, 4.69) is 37.2 Å². The van der Waals surface area contributed by atoms with E-state index in [1.807, 2.05) is 0 Å². The van der Waals surface area contributed by atoms with E-state index in [0.29, 0.717) is 10.2 Å². The van der Waals surface area contributed by atoms with Gasteiger partial charge in [-0.2, -0.15) is 0 Å². The van der Waals surface area contributed by atoms with Gasteiger partial charge in [0.05, 0.1) is 17.4 Å². The maximum atomic E-state index is 11.9. The molecule has 0 aliphatic heterocycles. The molecule has 1 aromatic heterocycles. The summed E-state index contributed by atoms with van der Waals surface area (Å²) in [5.74, 6) is -0.0743. The summed E-state index contributed by atoms with van der Waals surface area (Å²) in [6.07, 6.45) is 4.76. The molecular formula is C10H11Br2NO2. The summed E-state index contributed by atoms with van der Waals surface area (Å²) in [4.78, 5) is 11.9. The molecule has 0 spiro atoms. The fourth-order valence-corrected chi connectivity index (χ4v) is 2.78. The normalized spacial score (nSPS) is 18.3. The lowest BCUT2D eigenvalue weighted by Gasteiger charge is -2.41. The predicted molar refractivity (Wildman–Crippen MR) is 64.3 cm³/mol. The van der Waals surface area contributed by atoms with Crippen molar-refractivity contribution in [2.24, 2.45) is 0 Å². The third kappa shape index (κ3) is 2.13. The molecule has 1 fully saturated rings. The highest BCUT2D eigenvalue weighted by molar-refractivity contribution is 9.10. The van der Waals surface area contributed by atoms with Gasteiger partial charge < -0.3 is 9.73 Å². The third-order valence-electron chi connectivity index (χ3n) is 2.81. The Hall–Kier alpha value is -0.290. The summed E-state index contributed by atoms with van der Waals surface area (Å²) < 4.78 is 5.52. The molecule has 1 N–H and O–H groups in total. The predicted octanol–water partition coefficient (Wildman–Crippen LogP) is 3.09. The van der Waals surface area contributed by atoms with Crippen LogP contribution in [0.5, 0.6) is 0 Å². The van der Waals surface area contributed by atoms with Gasteiger partial charge in [0, 0.05) is 5.33 Å². The smallest absolute Gasteiger partial charge is 0.256 e. The first-order valence-corrected chi connectivity index (χ1v) is 6.70. The van der Waals surface area contributed by atoms with Crippen molar-refractivity contribution in [1.82, 2.24) is 5.32 Å². The Morgan fingerprint density at radius 2 is 2.33 bits per heavy atom. The largest absolute Gasteiger partial charge is 0.457 e. The van der Waals surface area contributed by atoms with Crippen molar-refractivity contribution in [3.63, 3.8) is 0 Å². The van der Waals surface area contributed by atoms with E-state index in [0.717, 1.165) is 18.2 Å². The molecule has 1 saturated carbocycles. The van der Waals surface area contributed by atoms with Gasteiger partial charge in [0.2, 0.25) is 0 Å². The molecule has 1 aromatic rings. The van der Waals surface area contributed by atoms with E-state index in [4.69, 9.17) is 4.42 Å². The average Bonchev–Trinajstić information content (AvgIpc) is 2.58. The van der Waals surface area contributed by atoms with Crippen molar-refractivity contribution >= 4 is 37.8 Å². The first kappa shape index (κ1) is 11.2. The summed E-state index contributed by atoms with van der Waals surface area (Å²) in [5.41, 5.74) is 0.510. The van der Waals surface area contributed by atoms with Crippen molar-refractivity contribution in [2.45, 2.75) is 24.8 Å². The lowest BCUT2D eigenvalue weighted by atomic mass is 9.78. The number of furan rings is 1. The number of carbonyl (C=O) groups is 1. The first-order chi connectivity index (χ1) is 7.17. The Bertz CT molecular complexity index is 366. The van der Waals surface area contributed by atoms with Crippen LogP contribution in [0.4, 0.5) is 0 Å². The van der Waals surface area contributed by atoms with E-state index in [-0.39, 0.29) is 11.4 Å². The van der Waals surface area contributed by atoms with Gasteiger partial charge in [0.25, 0.3) is 5.91 Å². The number of rotatable bonds is 3. The number of nitrogens with one attached hydrogen (secondary N) is 1. The second-order valence-electron chi connectivity index (χ2n) is 3.83. The molecule has 1 amide bonds. The summed E-state index contributed by atoms with van der Waals surface area (Å²) >= 11 is 6.64. The number of hydrogen-bond acceptors (Lipinski definition) is 2. The van der Waals surface area contributed by atoms with Crippen LogP contribution in [0.15, 0.2) is 21.4 Å². The van der Waals surface area contributed by atoms with Crippen molar-refractivity contribution < 1.29 is 9.21 Å². The second-order valence-corrected chi connectivity index (χ2v) is 5.11. The zero-order valence-electron chi connectivity index (χ0n) is 8.06. The van der Waals surface area contributed by atoms with Crippen LogP contribution in [-0.4, -0.2) is 16.8 Å². The first-order valence-electron chi connectivity index (χ1n) is 4.78. The van der Waals surface area contributed by atoms with Crippen LogP contribution in [0, 0.1) is 0 Å². The Balaban J connectivity index is 2.07. The number of hydrogen-bond donors (Lipinski definition) is 1. The highest BCUT2D eigenvalue weighted by Crippen LogP contribution is 2.34. The SMILES string of the molecule is O=C(NC1(CBr)CCC1)c1ccoc1Br. The lowest BCUT2D eigenvalue weighted by molar-refractivity contribution is 0.0854. The minimum absolute atomic E-state index is 0.0478. The van der Waals surface area contributed by atoms with Gasteiger partial charge in [0.15, 0.2) is 4.67 Å². The Kier molecular flexibility index (Phi) is 3.21. The molecule has 2 rings (SSSR count). The fourth-order valence-electron chi connectivity index (χ4n) is 1.66. The average molecular weight is 337 g/mol. The molecule has 0 saturated heterocycles. The Morgan fingerprint density at radius 1 is 1.60 bits per heavy atom. The quantitative estimate of drug-likeness (QED) is 0.862. The van der Waals surface area contributed by atoms with Gasteiger partial charge >= 0.3 is 0 Å². The number of alkyl halides is 1. The third-order valence-corrected chi connectivity index (χ3v) is 4.50. The van der Waals surface area contributed by atoms with Crippen LogP contribution in [0.25, 0.3) is 0 Å². The topological polar surface area (TPSA) is 42.2 Å². The summed E-state index contributed by atoms with van der Waals surface area (Å²) in [5, 5.41) is 3.85. The van der Waals surface area contributed by atoms with Crippen LogP contribution in [0.1, 0.15) is 29.6 Å². The maximum Gasteiger partial charge on any atom is 0.256 e. The maximum absolute atomic E-state index is 11.9. The van der Waals surface area contributed by atoms with Gasteiger partial charge in [0.1, 0.15) is 0 Å². The van der Waals surface area contributed by atoms with Crippen molar-refractivity contribution in [1.29, 1.82) is 0 Å². The van der Waals surface area contributed by atoms with Crippen LogP contribution in [-0.2, 0) is 0 Å². The van der Waals surface area contributed by atoms with E-state index in [9.17, 15) is 4.79 Å². The highest BCUT2D eigenvalue weighted by Gasteiger charge is 2.37. The van der Waals surface area contributed by atoms with E-state index in [1.165, 1.54) is 12.7 Å². The van der Waals surface area contributed by atoms with Crippen molar-refractivity contribution in [3.8, 4) is 0 Å². The van der Waals surface area contributed by atoms with Gasteiger partial charge in [-0.3, -0.25) is 4.79 Å². The van der Waals surface area contributed by atoms with Gasteiger partial charge in [-0.15, -0.1) is 0 Å². The Morgan fingerprint density at radius 3 is 2.73 bits per heavy atom. The lowest BCUT2D eigenvalue weighted by Crippen LogP contribution is -2.54. The van der Waals surface area contributed by atoms with Crippen molar-refractivity contribution in [3.05, 3.63) is 22.6 Å². The molecule has 0 unspecified atom stereocenters. The molecule has 0 atom stereocenters. The molecule has 0 bridgehead atoms. The molecule has 15 heavy (non-hydrogen) atoms. The summed E-state index contributed by atoms with van der Waals surface area (Å²) in [6.45, 7) is 0. The fraction of sp³-hybridized carbons (Fsp3) is 0.500. The minimum atomic E-state index is -0.0743. The zero-order chi connectivity index (χ0) is 10.9. The molecule has 1 aliphatic carbocycles. The zero-order valence-corrected chi connectivity index (χ0v) is 11.2. The molecule has 5 heteroatoms. The molecular weight excluding hydrogens is 326 g/mol. The number of amides is 1. The number of carbonyl (C=O) groups excluding carboxylic acids is 1. The van der Waals surface area contributed by atoms with Crippen LogP contribution < -0.4 is 5.32 Å². The van der Waals surface area contributed by atoms with Gasteiger partial charge in [-0.05, 0) is 41.3 Å². The van der Waals surface area contributed by atoms with Crippen LogP contribution in [0.3, 0.4) is 0 Å². The Labute approximate surface area is 105 Å². The standard InChI is InChI=1S/C10H11Br2NO2/c11-6-10(3-1-4-10)13-9(14)7-2-5-15-8(7)12/h2,5H,1,3-4,6H2,(H,13,14). The second kappa shape index (κ2) is 4.29. The monoisotopic (exact) mass is 335 g/mol. The van der Waals surface area contributed by atoms with Crippen molar-refractivity contribution in [2.75, 3.05) is 5.33 Å². The van der Waals surface area contributed by atoms with Gasteiger partial charge in [-0.25, -0.2) is 0 Å². The summed E-state index contributed by atoms with van der Waals surface area (Å²) in [7, 11) is 0. The molecule has 0 aromatic carbocycles. The van der Waals surface area contributed by atoms with E-state index < -0.39 is 0 Å². The minimum Gasteiger partial charge on any atom is -0.457 e. The molecule has 3 nitrogen and oxygen atoms in total. The van der Waals surface area contributed by atoms with Crippen LogP contribution >= 0.6 is 31.9 Å². The van der Waals surface area contributed by atoms with Crippen LogP contribution in [0.2, 0.25) is 0 Å². The number of halogens is 2. The molecule has 1 aliphatic rings. The summed E-state index contributed by atoms with van der Waals surface area (Å²) in [6, 6.07) is 1.67. The molecule has 82 valence electrons. The highest BCUT2D eigenvalue weighted by atomic mass is 79.9. The van der Waals surface area contributed by atoms with Gasteiger partial charge in [-0.1, -0.05) is 15.9 Å². The van der Waals surface area contributed by atoms with E-state index >= 15 is 0 Å².